The Morgan fingerprint density at radius 2 is 2.14 bits per heavy atom. The summed E-state index contributed by atoms with van der Waals surface area (Å²) in [6.07, 6.45) is 2.84. The van der Waals surface area contributed by atoms with E-state index < -0.39 is 0 Å². The van der Waals surface area contributed by atoms with E-state index in [0.717, 1.165) is 50.2 Å². The topological polar surface area (TPSA) is 61.8 Å². The van der Waals surface area contributed by atoms with Gasteiger partial charge in [0.2, 0.25) is 0 Å². The minimum absolute atomic E-state index is 0.761. The maximum Gasteiger partial charge on any atom is 0.191 e. The molecule has 1 aromatic rings. The number of ether oxygens (including phenoxy) is 1. The second-order valence-electron chi connectivity index (χ2n) is 4.84. The second-order valence-corrected chi connectivity index (χ2v) is 6.16. The van der Waals surface area contributed by atoms with E-state index in [2.05, 4.69) is 39.5 Å². The van der Waals surface area contributed by atoms with Gasteiger partial charge in [-0.2, -0.15) is 0 Å². The number of rotatable bonds is 9. The molecule has 0 unspecified atom stereocenters. The van der Waals surface area contributed by atoms with E-state index in [1.807, 2.05) is 6.20 Å². The van der Waals surface area contributed by atoms with Gasteiger partial charge in [0.15, 0.2) is 5.96 Å². The lowest BCUT2D eigenvalue weighted by molar-refractivity contribution is 0.162. The van der Waals surface area contributed by atoms with Gasteiger partial charge >= 0.3 is 0 Å². The molecule has 0 atom stereocenters. The summed E-state index contributed by atoms with van der Waals surface area (Å²) in [5.74, 6) is 0.836. The molecule has 21 heavy (non-hydrogen) atoms. The van der Waals surface area contributed by atoms with Crippen molar-refractivity contribution in [1.29, 1.82) is 0 Å². The smallest absolute Gasteiger partial charge is 0.191 e. The summed E-state index contributed by atoms with van der Waals surface area (Å²) in [5.41, 5.74) is 0. The lowest BCUT2D eigenvalue weighted by atomic mass is 10.4. The molecule has 0 aliphatic heterocycles. The van der Waals surface area contributed by atoms with Crippen LogP contribution in [0.25, 0.3) is 0 Å². The maximum atomic E-state index is 5.05. The van der Waals surface area contributed by atoms with E-state index in [1.54, 1.807) is 25.5 Å². The molecule has 6 nitrogen and oxygen atoms in total. The molecule has 1 aromatic heterocycles. The molecule has 7 heteroatoms. The van der Waals surface area contributed by atoms with Gasteiger partial charge in [0.1, 0.15) is 0 Å². The molecular formula is C14H27N5OS. The summed E-state index contributed by atoms with van der Waals surface area (Å²) in [7, 11) is 5.60. The fraction of sp³-hybridized carbons (Fsp3) is 0.714. The number of hydrogen-bond donors (Lipinski definition) is 2. The molecule has 0 radical (unpaired) electrons. The number of guanidine groups is 1. The van der Waals surface area contributed by atoms with Gasteiger partial charge in [-0.25, -0.2) is 4.98 Å². The molecule has 2 N–H and O–H groups in total. The zero-order chi connectivity index (χ0) is 15.5. The number of methoxy groups -OCH3 is 1. The van der Waals surface area contributed by atoms with E-state index in [1.165, 1.54) is 4.88 Å². The third-order valence-electron chi connectivity index (χ3n) is 2.99. The van der Waals surface area contributed by atoms with Crippen molar-refractivity contribution in [2.75, 3.05) is 54.0 Å². The van der Waals surface area contributed by atoms with Crippen LogP contribution < -0.4 is 10.6 Å². The van der Waals surface area contributed by atoms with Gasteiger partial charge in [0, 0.05) is 57.8 Å². The molecule has 120 valence electrons. The third-order valence-corrected chi connectivity index (χ3v) is 3.96. The summed E-state index contributed by atoms with van der Waals surface area (Å²) < 4.78 is 5.05. The Morgan fingerprint density at radius 3 is 2.76 bits per heavy atom. The lowest BCUT2D eigenvalue weighted by Gasteiger charge is -2.17. The maximum absolute atomic E-state index is 5.05. The summed E-state index contributed by atoms with van der Waals surface area (Å²) in [4.78, 5) is 12.1. The molecule has 0 saturated carbocycles. The molecule has 0 aliphatic carbocycles. The minimum atomic E-state index is 0.761. The van der Waals surface area contributed by atoms with Crippen LogP contribution in [0, 0.1) is 6.92 Å². The number of likely N-dealkylation sites (N-methyl/N-ethyl adjacent to an activating group) is 1. The molecular weight excluding hydrogens is 286 g/mol. The van der Waals surface area contributed by atoms with Gasteiger partial charge in [-0.05, 0) is 14.0 Å². The van der Waals surface area contributed by atoms with E-state index in [-0.39, 0.29) is 0 Å². The van der Waals surface area contributed by atoms with Crippen molar-refractivity contribution in [2.24, 2.45) is 4.99 Å². The molecule has 0 bridgehead atoms. The van der Waals surface area contributed by atoms with Crippen LogP contribution in [0.4, 0.5) is 0 Å². The third kappa shape index (κ3) is 7.99. The van der Waals surface area contributed by atoms with Gasteiger partial charge < -0.3 is 20.3 Å². The quantitative estimate of drug-likeness (QED) is 0.520. The average Bonchev–Trinajstić information content (AvgIpc) is 2.89. The van der Waals surface area contributed by atoms with Crippen molar-refractivity contribution in [3.63, 3.8) is 0 Å². The predicted molar refractivity (Wildman–Crippen MR) is 89.3 cm³/mol. The molecule has 0 spiro atoms. The van der Waals surface area contributed by atoms with Crippen molar-refractivity contribution in [3.05, 3.63) is 16.1 Å². The summed E-state index contributed by atoms with van der Waals surface area (Å²) in [5, 5.41) is 7.78. The second kappa shape index (κ2) is 10.5. The number of aromatic nitrogens is 1. The average molecular weight is 313 g/mol. The van der Waals surface area contributed by atoms with Crippen LogP contribution in [0.15, 0.2) is 11.2 Å². The Bertz CT molecular complexity index is 421. The molecule has 0 amide bonds. The normalized spacial score (nSPS) is 12.0. The van der Waals surface area contributed by atoms with E-state index in [0.29, 0.717) is 0 Å². The standard InChI is InChI=1S/C14H27N5OS/c1-12-11-18-13(21-12)5-6-16-14(15-2)17-7-8-19(3)9-10-20-4/h11H,5-10H2,1-4H3,(H2,15,16,17). The predicted octanol–water partition coefficient (Wildman–Crippen LogP) is 0.737. The highest BCUT2D eigenvalue weighted by Gasteiger charge is 2.02. The first-order valence-corrected chi connectivity index (χ1v) is 8.00. The van der Waals surface area contributed by atoms with Crippen LogP contribution in [0.3, 0.4) is 0 Å². The van der Waals surface area contributed by atoms with Crippen molar-refractivity contribution >= 4 is 17.3 Å². The molecule has 0 aromatic carbocycles. The number of aliphatic imine (C=N–C) groups is 1. The van der Waals surface area contributed by atoms with Gasteiger partial charge in [-0.15, -0.1) is 11.3 Å². The van der Waals surface area contributed by atoms with Crippen molar-refractivity contribution in [3.8, 4) is 0 Å². The first-order valence-electron chi connectivity index (χ1n) is 7.19. The zero-order valence-electron chi connectivity index (χ0n) is 13.5. The van der Waals surface area contributed by atoms with Gasteiger partial charge in [0.05, 0.1) is 11.6 Å². The number of aryl methyl sites for hydroxylation is 1. The van der Waals surface area contributed by atoms with E-state index >= 15 is 0 Å². The Kier molecular flexibility index (Phi) is 8.96. The Balaban J connectivity index is 2.14. The highest BCUT2D eigenvalue weighted by atomic mass is 32.1. The zero-order valence-corrected chi connectivity index (χ0v) is 14.3. The van der Waals surface area contributed by atoms with Crippen LogP contribution in [-0.2, 0) is 11.2 Å². The minimum Gasteiger partial charge on any atom is -0.383 e. The first-order chi connectivity index (χ1) is 10.2. The number of hydrogen-bond acceptors (Lipinski definition) is 5. The Labute approximate surface area is 131 Å². The van der Waals surface area contributed by atoms with Gasteiger partial charge in [-0.1, -0.05) is 0 Å². The van der Waals surface area contributed by atoms with Crippen molar-refractivity contribution < 1.29 is 4.74 Å². The fourth-order valence-corrected chi connectivity index (χ4v) is 2.54. The van der Waals surface area contributed by atoms with Crippen molar-refractivity contribution in [2.45, 2.75) is 13.3 Å². The van der Waals surface area contributed by atoms with Gasteiger partial charge in [-0.3, -0.25) is 4.99 Å². The molecule has 1 rings (SSSR count). The summed E-state index contributed by atoms with van der Waals surface area (Å²) in [6.45, 7) is 6.43. The molecule has 0 saturated heterocycles. The van der Waals surface area contributed by atoms with Crippen LogP contribution in [0.2, 0.25) is 0 Å². The van der Waals surface area contributed by atoms with Crippen LogP contribution in [0.5, 0.6) is 0 Å². The molecule has 0 aliphatic rings. The van der Waals surface area contributed by atoms with E-state index in [9.17, 15) is 0 Å². The van der Waals surface area contributed by atoms with Crippen LogP contribution >= 0.6 is 11.3 Å². The SMILES string of the molecule is CN=C(NCCc1ncc(C)s1)NCCN(C)CCOC. The summed E-state index contributed by atoms with van der Waals surface area (Å²) in [6, 6.07) is 0. The van der Waals surface area contributed by atoms with Gasteiger partial charge in [0.25, 0.3) is 0 Å². The summed E-state index contributed by atoms with van der Waals surface area (Å²) >= 11 is 1.75. The number of nitrogens with one attached hydrogen (secondary N) is 2. The van der Waals surface area contributed by atoms with Crippen LogP contribution in [-0.4, -0.2) is 69.8 Å². The fourth-order valence-electron chi connectivity index (χ4n) is 1.75. The number of nitrogens with zero attached hydrogens (tertiary/aromatic N) is 3. The Morgan fingerprint density at radius 1 is 1.38 bits per heavy atom. The monoisotopic (exact) mass is 313 g/mol. The number of thiazole rings is 1. The highest BCUT2D eigenvalue weighted by Crippen LogP contribution is 2.10. The van der Waals surface area contributed by atoms with Crippen molar-refractivity contribution in [1.82, 2.24) is 20.5 Å². The first kappa shape index (κ1) is 17.9. The lowest BCUT2D eigenvalue weighted by Crippen LogP contribution is -2.42. The van der Waals surface area contributed by atoms with E-state index in [4.69, 9.17) is 4.74 Å². The molecule has 1 heterocycles. The Hall–Kier alpha value is -1.18. The molecule has 0 fully saturated rings. The van der Waals surface area contributed by atoms with Crippen LogP contribution in [0.1, 0.15) is 9.88 Å². The largest absolute Gasteiger partial charge is 0.383 e. The highest BCUT2D eigenvalue weighted by molar-refractivity contribution is 7.11.